The third kappa shape index (κ3) is 2.94. The summed E-state index contributed by atoms with van der Waals surface area (Å²) < 4.78 is 11.0. The molecule has 0 radical (unpaired) electrons. The number of piperidine rings is 1. The lowest BCUT2D eigenvalue weighted by Gasteiger charge is -2.37. The van der Waals surface area contributed by atoms with Gasteiger partial charge in [0.1, 0.15) is 18.8 Å². The Labute approximate surface area is 154 Å². The minimum absolute atomic E-state index is 0.0580. The van der Waals surface area contributed by atoms with E-state index in [4.69, 9.17) is 21.1 Å². The number of likely N-dealkylation sites (tertiary alicyclic amines) is 1. The van der Waals surface area contributed by atoms with E-state index in [1.54, 1.807) is 17.0 Å². The van der Waals surface area contributed by atoms with Crippen molar-refractivity contribution in [2.45, 2.75) is 24.8 Å². The van der Waals surface area contributed by atoms with Gasteiger partial charge in [-0.15, -0.1) is 0 Å². The number of urea groups is 1. The van der Waals surface area contributed by atoms with Gasteiger partial charge in [0, 0.05) is 13.1 Å². The SMILES string of the molecule is O=C1NC(=O)C2(CCN(C(=O)Cc3cc(Cl)c4c(c3)OCCO4)CC2)N1. The van der Waals surface area contributed by atoms with E-state index in [1.807, 2.05) is 0 Å². The fraction of sp³-hybridized carbons (Fsp3) is 0.471. The van der Waals surface area contributed by atoms with Crippen LogP contribution < -0.4 is 20.1 Å². The van der Waals surface area contributed by atoms with Gasteiger partial charge in [-0.05, 0) is 30.5 Å². The molecular formula is C17H18ClN3O5. The van der Waals surface area contributed by atoms with Crippen LogP contribution in [0, 0.1) is 0 Å². The van der Waals surface area contributed by atoms with Crippen LogP contribution in [0.15, 0.2) is 12.1 Å². The Morgan fingerprint density at radius 3 is 2.62 bits per heavy atom. The van der Waals surface area contributed by atoms with Crippen LogP contribution in [-0.4, -0.2) is 54.6 Å². The molecule has 4 amide bonds. The van der Waals surface area contributed by atoms with Crippen LogP contribution >= 0.6 is 11.6 Å². The molecule has 0 saturated carbocycles. The molecule has 26 heavy (non-hydrogen) atoms. The molecule has 2 N–H and O–H groups in total. The molecule has 2 saturated heterocycles. The summed E-state index contributed by atoms with van der Waals surface area (Å²) in [7, 11) is 0. The highest BCUT2D eigenvalue weighted by Gasteiger charge is 2.48. The summed E-state index contributed by atoms with van der Waals surface area (Å²) >= 11 is 6.21. The van der Waals surface area contributed by atoms with Gasteiger partial charge in [-0.1, -0.05) is 11.6 Å². The Morgan fingerprint density at radius 1 is 1.19 bits per heavy atom. The number of carbonyl (C=O) groups is 3. The maximum Gasteiger partial charge on any atom is 0.322 e. The first-order chi connectivity index (χ1) is 12.5. The number of halogens is 1. The molecule has 8 nitrogen and oxygen atoms in total. The van der Waals surface area contributed by atoms with Crippen molar-refractivity contribution in [1.82, 2.24) is 15.5 Å². The molecule has 1 aromatic carbocycles. The minimum Gasteiger partial charge on any atom is -0.486 e. The van der Waals surface area contributed by atoms with E-state index in [-0.39, 0.29) is 18.2 Å². The molecule has 9 heteroatoms. The topological polar surface area (TPSA) is 97.0 Å². The number of ether oxygens (including phenoxy) is 2. The first-order valence-electron chi connectivity index (χ1n) is 8.46. The summed E-state index contributed by atoms with van der Waals surface area (Å²) in [5, 5.41) is 5.37. The Morgan fingerprint density at radius 2 is 1.92 bits per heavy atom. The van der Waals surface area contributed by atoms with Crippen molar-refractivity contribution in [3.63, 3.8) is 0 Å². The monoisotopic (exact) mass is 379 g/mol. The fourth-order valence-electron chi connectivity index (χ4n) is 3.57. The average molecular weight is 380 g/mol. The van der Waals surface area contributed by atoms with Crippen LogP contribution in [-0.2, 0) is 16.0 Å². The molecule has 0 unspecified atom stereocenters. The number of imide groups is 1. The van der Waals surface area contributed by atoms with E-state index in [0.29, 0.717) is 55.7 Å². The number of fused-ring (bicyclic) bond motifs is 1. The fourth-order valence-corrected chi connectivity index (χ4v) is 3.86. The Kier molecular flexibility index (Phi) is 4.14. The van der Waals surface area contributed by atoms with Crippen molar-refractivity contribution >= 4 is 29.4 Å². The third-order valence-electron chi connectivity index (χ3n) is 5.00. The van der Waals surface area contributed by atoms with Crippen LogP contribution in [0.2, 0.25) is 5.02 Å². The van der Waals surface area contributed by atoms with Crippen LogP contribution in [0.25, 0.3) is 0 Å². The quantitative estimate of drug-likeness (QED) is 0.743. The lowest BCUT2D eigenvalue weighted by Crippen LogP contribution is -2.55. The van der Waals surface area contributed by atoms with E-state index in [1.165, 1.54) is 0 Å². The van der Waals surface area contributed by atoms with Gasteiger partial charge in [-0.25, -0.2) is 4.79 Å². The largest absolute Gasteiger partial charge is 0.486 e. The van der Waals surface area contributed by atoms with Crippen LogP contribution in [0.4, 0.5) is 4.79 Å². The molecule has 3 heterocycles. The van der Waals surface area contributed by atoms with Gasteiger partial charge in [-0.3, -0.25) is 14.9 Å². The second-order valence-corrected chi connectivity index (χ2v) is 7.06. The van der Waals surface area contributed by atoms with Crippen molar-refractivity contribution in [2.24, 2.45) is 0 Å². The highest BCUT2D eigenvalue weighted by atomic mass is 35.5. The molecule has 138 valence electrons. The number of rotatable bonds is 2. The second-order valence-electron chi connectivity index (χ2n) is 6.65. The predicted octanol–water partition coefficient (Wildman–Crippen LogP) is 0.854. The zero-order valence-corrected chi connectivity index (χ0v) is 14.7. The first-order valence-corrected chi connectivity index (χ1v) is 8.84. The van der Waals surface area contributed by atoms with Gasteiger partial charge in [0.15, 0.2) is 11.5 Å². The van der Waals surface area contributed by atoms with Crippen LogP contribution in [0.3, 0.4) is 0 Å². The van der Waals surface area contributed by atoms with E-state index < -0.39 is 11.6 Å². The molecule has 4 rings (SSSR count). The van der Waals surface area contributed by atoms with E-state index in [2.05, 4.69) is 10.6 Å². The molecule has 1 spiro atoms. The van der Waals surface area contributed by atoms with Crippen molar-refractivity contribution in [2.75, 3.05) is 26.3 Å². The maximum absolute atomic E-state index is 12.6. The van der Waals surface area contributed by atoms with Gasteiger partial charge in [0.05, 0.1) is 11.4 Å². The van der Waals surface area contributed by atoms with Crippen LogP contribution in [0.1, 0.15) is 18.4 Å². The Balaban J connectivity index is 1.41. The summed E-state index contributed by atoms with van der Waals surface area (Å²) in [5.41, 5.74) is -0.134. The van der Waals surface area contributed by atoms with Crippen molar-refractivity contribution in [1.29, 1.82) is 0 Å². The molecule has 0 atom stereocenters. The van der Waals surface area contributed by atoms with E-state index >= 15 is 0 Å². The number of nitrogens with one attached hydrogen (secondary N) is 2. The van der Waals surface area contributed by atoms with Crippen molar-refractivity contribution in [3.8, 4) is 11.5 Å². The molecule has 0 aromatic heterocycles. The van der Waals surface area contributed by atoms with Gasteiger partial charge >= 0.3 is 6.03 Å². The number of hydrogen-bond acceptors (Lipinski definition) is 5. The normalized spacial score (nSPS) is 20.7. The lowest BCUT2D eigenvalue weighted by atomic mass is 9.87. The predicted molar refractivity (Wildman–Crippen MR) is 91.4 cm³/mol. The van der Waals surface area contributed by atoms with Crippen molar-refractivity contribution < 1.29 is 23.9 Å². The summed E-state index contributed by atoms with van der Waals surface area (Å²) in [4.78, 5) is 37.7. The molecule has 0 bridgehead atoms. The summed E-state index contributed by atoms with van der Waals surface area (Å²) in [6, 6.07) is 3.01. The number of carbonyl (C=O) groups excluding carboxylic acids is 3. The zero-order valence-electron chi connectivity index (χ0n) is 14.0. The molecule has 0 aliphatic carbocycles. The van der Waals surface area contributed by atoms with Crippen LogP contribution in [0.5, 0.6) is 11.5 Å². The Bertz CT molecular complexity index is 789. The van der Waals surface area contributed by atoms with Gasteiger partial charge < -0.3 is 19.7 Å². The smallest absolute Gasteiger partial charge is 0.322 e. The zero-order chi connectivity index (χ0) is 18.3. The number of nitrogens with zero attached hydrogens (tertiary/aromatic N) is 1. The average Bonchev–Trinajstić information content (AvgIpc) is 2.88. The first kappa shape index (κ1) is 17.0. The highest BCUT2D eigenvalue weighted by Crippen LogP contribution is 2.38. The summed E-state index contributed by atoms with van der Waals surface area (Å²) in [6.45, 7) is 1.71. The van der Waals surface area contributed by atoms with Gasteiger partial charge in [0.25, 0.3) is 5.91 Å². The van der Waals surface area contributed by atoms with Gasteiger partial charge in [0.2, 0.25) is 5.91 Å². The second kappa shape index (κ2) is 6.35. The number of benzene rings is 1. The summed E-state index contributed by atoms with van der Waals surface area (Å²) in [5.74, 6) is 0.692. The van der Waals surface area contributed by atoms with Gasteiger partial charge in [-0.2, -0.15) is 0 Å². The molecule has 3 aliphatic heterocycles. The minimum atomic E-state index is -0.881. The summed E-state index contributed by atoms with van der Waals surface area (Å²) in [6.07, 6.45) is 0.984. The standard InChI is InChI=1S/C17H18ClN3O5/c18-11-7-10(8-12-14(11)26-6-5-25-12)9-13(22)21-3-1-17(2-4-21)15(23)19-16(24)20-17/h7-8H,1-6,9H2,(H2,19,20,23,24). The molecular weight excluding hydrogens is 362 g/mol. The van der Waals surface area contributed by atoms with E-state index in [9.17, 15) is 14.4 Å². The molecule has 3 aliphatic rings. The molecule has 2 fully saturated rings. The maximum atomic E-state index is 12.6. The van der Waals surface area contributed by atoms with Crippen molar-refractivity contribution in [3.05, 3.63) is 22.7 Å². The molecule has 1 aromatic rings. The lowest BCUT2D eigenvalue weighted by molar-refractivity contribution is -0.135. The van der Waals surface area contributed by atoms with E-state index in [0.717, 1.165) is 5.56 Å². The highest BCUT2D eigenvalue weighted by molar-refractivity contribution is 6.32. The Hall–Kier alpha value is -2.48. The number of amides is 4. The number of hydrogen-bond donors (Lipinski definition) is 2. The third-order valence-corrected chi connectivity index (χ3v) is 5.28.